The van der Waals surface area contributed by atoms with Gasteiger partial charge in [-0.3, -0.25) is 9.59 Å². The van der Waals surface area contributed by atoms with E-state index in [1.807, 2.05) is 6.92 Å². The summed E-state index contributed by atoms with van der Waals surface area (Å²) in [6.07, 6.45) is 4.50. The minimum absolute atomic E-state index is 0.00391. The zero-order valence-electron chi connectivity index (χ0n) is 16.9. The summed E-state index contributed by atoms with van der Waals surface area (Å²) in [5, 5.41) is 2.98. The van der Waals surface area contributed by atoms with Crippen LogP contribution in [0.5, 0.6) is 5.75 Å². The first kappa shape index (κ1) is 21.6. The van der Waals surface area contributed by atoms with Crippen molar-refractivity contribution in [1.82, 2.24) is 14.9 Å². The van der Waals surface area contributed by atoms with Crippen LogP contribution < -0.4 is 14.8 Å². The van der Waals surface area contributed by atoms with Gasteiger partial charge in [0.2, 0.25) is 15.9 Å². The van der Waals surface area contributed by atoms with Gasteiger partial charge in [-0.1, -0.05) is 6.92 Å². The smallest absolute Gasteiger partial charge is 0.253 e. The van der Waals surface area contributed by atoms with E-state index in [1.54, 1.807) is 11.0 Å². The Kier molecular flexibility index (Phi) is 6.79. The van der Waals surface area contributed by atoms with Gasteiger partial charge in [-0.05, 0) is 50.3 Å². The summed E-state index contributed by atoms with van der Waals surface area (Å²) in [6.45, 7) is 2.94. The summed E-state index contributed by atoms with van der Waals surface area (Å²) in [6, 6.07) is 4.35. The number of amides is 2. The number of piperidine rings is 1. The van der Waals surface area contributed by atoms with Crippen LogP contribution in [0.2, 0.25) is 0 Å². The van der Waals surface area contributed by atoms with E-state index in [4.69, 9.17) is 4.74 Å². The second-order valence-electron chi connectivity index (χ2n) is 7.67. The van der Waals surface area contributed by atoms with E-state index in [1.165, 1.54) is 19.2 Å². The largest absolute Gasteiger partial charge is 0.495 e. The second-order valence-corrected chi connectivity index (χ2v) is 9.35. The van der Waals surface area contributed by atoms with Gasteiger partial charge in [0.1, 0.15) is 10.6 Å². The summed E-state index contributed by atoms with van der Waals surface area (Å²) in [4.78, 5) is 26.5. The first-order valence-corrected chi connectivity index (χ1v) is 11.6. The van der Waals surface area contributed by atoms with Crippen molar-refractivity contribution >= 4 is 21.8 Å². The van der Waals surface area contributed by atoms with Crippen molar-refractivity contribution in [1.29, 1.82) is 0 Å². The fourth-order valence-electron chi connectivity index (χ4n) is 3.49. The molecule has 2 aliphatic rings. The van der Waals surface area contributed by atoms with Crippen LogP contribution in [0.15, 0.2) is 23.1 Å². The van der Waals surface area contributed by atoms with Crippen molar-refractivity contribution in [3.63, 3.8) is 0 Å². The number of carbonyl (C=O) groups is 2. The lowest BCUT2D eigenvalue weighted by molar-refractivity contribution is -0.122. The molecule has 3 rings (SSSR count). The summed E-state index contributed by atoms with van der Waals surface area (Å²) in [5.41, 5.74) is 0.294. The molecule has 1 aliphatic heterocycles. The molecule has 1 aromatic rings. The fourth-order valence-corrected chi connectivity index (χ4v) is 4.99. The predicted octanol–water partition coefficient (Wildman–Crippen LogP) is 1.66. The Morgan fingerprint density at radius 3 is 2.62 bits per heavy atom. The predicted molar refractivity (Wildman–Crippen MR) is 108 cm³/mol. The van der Waals surface area contributed by atoms with Crippen LogP contribution in [0, 0.1) is 0 Å². The van der Waals surface area contributed by atoms with Crippen molar-refractivity contribution in [2.75, 3.05) is 20.2 Å². The zero-order valence-corrected chi connectivity index (χ0v) is 17.8. The zero-order chi connectivity index (χ0) is 21.0. The topological polar surface area (TPSA) is 105 Å². The van der Waals surface area contributed by atoms with Crippen molar-refractivity contribution in [2.24, 2.45) is 0 Å². The minimum atomic E-state index is -3.76. The Balaban J connectivity index is 1.76. The summed E-state index contributed by atoms with van der Waals surface area (Å²) in [7, 11) is -2.36. The SMILES string of the molecule is CCCC(=O)N[C@@H]1CCCN(C(=O)c2ccc(OC)c(S(=O)(=O)NC3CC3)c2)C1. The van der Waals surface area contributed by atoms with E-state index in [0.29, 0.717) is 25.1 Å². The Morgan fingerprint density at radius 1 is 1.21 bits per heavy atom. The first-order chi connectivity index (χ1) is 13.8. The lowest BCUT2D eigenvalue weighted by Crippen LogP contribution is -2.49. The molecular weight excluding hydrogens is 394 g/mol. The average molecular weight is 424 g/mol. The van der Waals surface area contributed by atoms with Crippen molar-refractivity contribution in [3.8, 4) is 5.75 Å². The van der Waals surface area contributed by atoms with E-state index >= 15 is 0 Å². The highest BCUT2D eigenvalue weighted by molar-refractivity contribution is 7.89. The molecule has 1 heterocycles. The molecule has 2 fully saturated rings. The molecule has 29 heavy (non-hydrogen) atoms. The molecule has 1 saturated heterocycles. The molecule has 1 saturated carbocycles. The first-order valence-electron chi connectivity index (χ1n) is 10.1. The van der Waals surface area contributed by atoms with Crippen LogP contribution in [0.3, 0.4) is 0 Å². The third-order valence-electron chi connectivity index (χ3n) is 5.15. The van der Waals surface area contributed by atoms with Crippen LogP contribution >= 0.6 is 0 Å². The number of nitrogens with one attached hydrogen (secondary N) is 2. The molecular formula is C20H29N3O5S. The van der Waals surface area contributed by atoms with Crippen LogP contribution in [-0.4, -0.2) is 57.4 Å². The molecule has 1 aliphatic carbocycles. The van der Waals surface area contributed by atoms with E-state index in [9.17, 15) is 18.0 Å². The Bertz CT molecular complexity index is 867. The number of carbonyl (C=O) groups excluding carboxylic acids is 2. The monoisotopic (exact) mass is 423 g/mol. The quantitative estimate of drug-likeness (QED) is 0.662. The van der Waals surface area contributed by atoms with Gasteiger partial charge in [-0.15, -0.1) is 0 Å². The average Bonchev–Trinajstić information content (AvgIpc) is 3.50. The number of rotatable bonds is 8. The minimum Gasteiger partial charge on any atom is -0.495 e. The summed E-state index contributed by atoms with van der Waals surface area (Å²) in [5.74, 6) is -0.0428. The summed E-state index contributed by atoms with van der Waals surface area (Å²) < 4.78 is 33.2. The standard InChI is InChI=1S/C20H29N3O5S/c1-3-5-19(24)21-16-6-4-11-23(13-16)20(25)14-7-10-17(28-2)18(12-14)29(26,27)22-15-8-9-15/h7,10,12,15-16,22H,3-6,8-9,11,13H2,1-2H3,(H,21,24)/t16-/m1/s1. The van der Waals surface area contributed by atoms with Crippen LogP contribution in [-0.2, 0) is 14.8 Å². The number of hydrogen-bond acceptors (Lipinski definition) is 5. The van der Waals surface area contributed by atoms with Crippen molar-refractivity contribution < 1.29 is 22.7 Å². The molecule has 0 unspecified atom stereocenters. The van der Waals surface area contributed by atoms with E-state index in [2.05, 4.69) is 10.0 Å². The van der Waals surface area contributed by atoms with Gasteiger partial charge < -0.3 is 15.0 Å². The van der Waals surface area contributed by atoms with Crippen LogP contribution in [0.1, 0.15) is 55.8 Å². The lowest BCUT2D eigenvalue weighted by atomic mass is 10.0. The third-order valence-corrected chi connectivity index (χ3v) is 6.69. The van der Waals surface area contributed by atoms with E-state index in [-0.39, 0.29) is 34.5 Å². The van der Waals surface area contributed by atoms with Gasteiger partial charge in [0, 0.05) is 37.2 Å². The second kappa shape index (κ2) is 9.13. The number of likely N-dealkylation sites (tertiary alicyclic amines) is 1. The number of ether oxygens (including phenoxy) is 1. The molecule has 8 nitrogen and oxygen atoms in total. The maximum Gasteiger partial charge on any atom is 0.253 e. The highest BCUT2D eigenvalue weighted by Gasteiger charge is 2.31. The molecule has 2 N–H and O–H groups in total. The Morgan fingerprint density at radius 2 is 1.97 bits per heavy atom. The van der Waals surface area contributed by atoms with Gasteiger partial charge in [0.25, 0.3) is 5.91 Å². The highest BCUT2D eigenvalue weighted by Crippen LogP contribution is 2.29. The molecule has 0 radical (unpaired) electrons. The van der Waals surface area contributed by atoms with Gasteiger partial charge in [-0.25, -0.2) is 13.1 Å². The Labute approximate surface area is 172 Å². The molecule has 1 aromatic carbocycles. The lowest BCUT2D eigenvalue weighted by Gasteiger charge is -2.33. The van der Waals surface area contributed by atoms with Crippen molar-refractivity contribution in [3.05, 3.63) is 23.8 Å². The van der Waals surface area contributed by atoms with Gasteiger partial charge in [0.15, 0.2) is 0 Å². The molecule has 0 aromatic heterocycles. The molecule has 9 heteroatoms. The molecule has 1 atom stereocenters. The molecule has 0 bridgehead atoms. The Hall–Kier alpha value is -2.13. The maximum absolute atomic E-state index is 13.0. The van der Waals surface area contributed by atoms with Gasteiger partial charge >= 0.3 is 0 Å². The van der Waals surface area contributed by atoms with Crippen LogP contribution in [0.4, 0.5) is 0 Å². The van der Waals surface area contributed by atoms with E-state index < -0.39 is 10.0 Å². The highest BCUT2D eigenvalue weighted by atomic mass is 32.2. The molecule has 160 valence electrons. The molecule has 2 amide bonds. The number of hydrogen-bond donors (Lipinski definition) is 2. The third kappa shape index (κ3) is 5.48. The van der Waals surface area contributed by atoms with Crippen LogP contribution in [0.25, 0.3) is 0 Å². The number of methoxy groups -OCH3 is 1. The normalized spacial score (nSPS) is 19.7. The fraction of sp³-hybridized carbons (Fsp3) is 0.600. The van der Waals surface area contributed by atoms with Crippen molar-refractivity contribution in [2.45, 2.75) is 62.4 Å². The maximum atomic E-state index is 13.0. The summed E-state index contributed by atoms with van der Waals surface area (Å²) >= 11 is 0. The number of sulfonamides is 1. The van der Waals surface area contributed by atoms with Gasteiger partial charge in [-0.2, -0.15) is 0 Å². The van der Waals surface area contributed by atoms with E-state index in [0.717, 1.165) is 32.1 Å². The number of benzene rings is 1. The number of nitrogens with zero attached hydrogens (tertiary/aromatic N) is 1. The molecule has 0 spiro atoms. The van der Waals surface area contributed by atoms with Gasteiger partial charge in [0.05, 0.1) is 7.11 Å².